The van der Waals surface area contributed by atoms with E-state index in [1.807, 2.05) is 24.3 Å². The van der Waals surface area contributed by atoms with Crippen LogP contribution in [-0.4, -0.2) is 0 Å². The molecule has 0 amide bonds. The third kappa shape index (κ3) is 4.40. The van der Waals surface area contributed by atoms with Crippen LogP contribution in [0.5, 0.6) is 5.75 Å². The van der Waals surface area contributed by atoms with E-state index in [1.54, 1.807) is 0 Å². The van der Waals surface area contributed by atoms with Gasteiger partial charge in [0.05, 0.1) is 4.47 Å². The van der Waals surface area contributed by atoms with Crippen molar-refractivity contribution in [3.05, 3.63) is 105 Å². The van der Waals surface area contributed by atoms with Gasteiger partial charge in [-0.3, -0.25) is 0 Å². The Morgan fingerprint density at radius 2 is 1.50 bits per heavy atom. The average Bonchev–Trinajstić information content (AvgIpc) is 2.72. The zero-order valence-corrected chi connectivity index (χ0v) is 18.3. The van der Waals surface area contributed by atoms with Crippen LogP contribution in [0.2, 0.25) is 0 Å². The predicted molar refractivity (Wildman–Crippen MR) is 124 cm³/mol. The highest BCUT2D eigenvalue weighted by Gasteiger charge is 2.12. The van der Waals surface area contributed by atoms with Gasteiger partial charge in [0.25, 0.3) is 0 Å². The lowest BCUT2D eigenvalue weighted by molar-refractivity contribution is 0.302. The predicted octanol–water partition coefficient (Wildman–Crippen LogP) is 7.56. The molecule has 0 heterocycles. The standard InChI is InChI=1S/C24H19Br2NO/c25-20-13-19(15-27-21-10-2-1-3-11-21)24(23(26)14-20)28-16-18-9-6-8-17-7-4-5-12-22(17)18/h1-14,27H,15-16H2. The van der Waals surface area contributed by atoms with E-state index in [0.29, 0.717) is 13.2 Å². The first kappa shape index (κ1) is 19.0. The second kappa shape index (κ2) is 8.80. The van der Waals surface area contributed by atoms with Gasteiger partial charge in [0.2, 0.25) is 0 Å². The molecule has 2 nitrogen and oxygen atoms in total. The van der Waals surface area contributed by atoms with Crippen LogP contribution in [0.3, 0.4) is 0 Å². The van der Waals surface area contributed by atoms with Crippen LogP contribution in [0, 0.1) is 0 Å². The Kier molecular flexibility index (Phi) is 5.98. The SMILES string of the molecule is Brc1cc(Br)c(OCc2cccc3ccccc23)c(CNc2ccccc2)c1. The molecule has 0 aliphatic heterocycles. The average molecular weight is 497 g/mol. The molecule has 4 aromatic carbocycles. The van der Waals surface area contributed by atoms with Crippen LogP contribution in [0.15, 0.2) is 93.9 Å². The molecule has 0 atom stereocenters. The van der Waals surface area contributed by atoms with Crippen molar-refractivity contribution in [1.29, 1.82) is 0 Å². The maximum absolute atomic E-state index is 6.30. The first-order valence-electron chi connectivity index (χ1n) is 9.07. The molecule has 0 unspecified atom stereocenters. The molecule has 1 N–H and O–H groups in total. The highest BCUT2D eigenvalue weighted by molar-refractivity contribution is 9.11. The number of anilines is 1. The molecule has 4 aromatic rings. The number of halogens is 2. The van der Waals surface area contributed by atoms with E-state index in [2.05, 4.69) is 97.8 Å². The third-order valence-corrected chi connectivity index (χ3v) is 5.64. The summed E-state index contributed by atoms with van der Waals surface area (Å²) in [5.74, 6) is 0.861. The van der Waals surface area contributed by atoms with Crippen LogP contribution in [0.1, 0.15) is 11.1 Å². The second-order valence-electron chi connectivity index (χ2n) is 6.52. The summed E-state index contributed by atoms with van der Waals surface area (Å²) in [6.45, 7) is 1.19. The number of ether oxygens (including phenoxy) is 1. The maximum Gasteiger partial charge on any atom is 0.139 e. The second-order valence-corrected chi connectivity index (χ2v) is 8.29. The topological polar surface area (TPSA) is 21.3 Å². The molecule has 0 bridgehead atoms. The minimum atomic E-state index is 0.514. The number of nitrogens with one attached hydrogen (secondary N) is 1. The monoisotopic (exact) mass is 495 g/mol. The summed E-state index contributed by atoms with van der Waals surface area (Å²) in [6.07, 6.45) is 0. The van der Waals surface area contributed by atoms with Crippen molar-refractivity contribution >= 4 is 48.3 Å². The molecular weight excluding hydrogens is 478 g/mol. The fourth-order valence-electron chi connectivity index (χ4n) is 3.23. The van der Waals surface area contributed by atoms with Gasteiger partial charge in [-0.15, -0.1) is 0 Å². The molecule has 0 aliphatic carbocycles. The number of para-hydroxylation sites is 1. The summed E-state index contributed by atoms with van der Waals surface area (Å²) >= 11 is 7.25. The molecule has 4 heteroatoms. The summed E-state index contributed by atoms with van der Waals surface area (Å²) in [4.78, 5) is 0. The van der Waals surface area contributed by atoms with E-state index in [9.17, 15) is 0 Å². The smallest absolute Gasteiger partial charge is 0.139 e. The highest BCUT2D eigenvalue weighted by Crippen LogP contribution is 2.34. The Labute approximate surface area is 181 Å². The largest absolute Gasteiger partial charge is 0.487 e. The van der Waals surface area contributed by atoms with Gasteiger partial charge in [0.15, 0.2) is 0 Å². The van der Waals surface area contributed by atoms with Crippen molar-refractivity contribution in [2.24, 2.45) is 0 Å². The maximum atomic E-state index is 6.30. The lowest BCUT2D eigenvalue weighted by Gasteiger charge is -2.16. The van der Waals surface area contributed by atoms with Gasteiger partial charge >= 0.3 is 0 Å². The van der Waals surface area contributed by atoms with Crippen molar-refractivity contribution in [3.8, 4) is 5.75 Å². The zero-order valence-electron chi connectivity index (χ0n) is 15.2. The van der Waals surface area contributed by atoms with Crippen LogP contribution in [0.25, 0.3) is 10.8 Å². The molecule has 0 aliphatic rings. The molecule has 0 saturated heterocycles. The van der Waals surface area contributed by atoms with E-state index in [4.69, 9.17) is 4.74 Å². The molecule has 0 aromatic heterocycles. The van der Waals surface area contributed by atoms with Crippen LogP contribution >= 0.6 is 31.9 Å². The molecule has 0 spiro atoms. The van der Waals surface area contributed by atoms with Gasteiger partial charge in [0.1, 0.15) is 12.4 Å². The van der Waals surface area contributed by atoms with Crippen molar-refractivity contribution in [3.63, 3.8) is 0 Å². The summed E-state index contributed by atoms with van der Waals surface area (Å²) in [6, 6.07) is 29.0. The molecular formula is C24H19Br2NO. The van der Waals surface area contributed by atoms with Crippen molar-refractivity contribution in [2.75, 3.05) is 5.32 Å². The fraction of sp³-hybridized carbons (Fsp3) is 0.0833. The summed E-state index contributed by atoms with van der Waals surface area (Å²) in [5.41, 5.74) is 3.35. The van der Waals surface area contributed by atoms with E-state index in [1.165, 1.54) is 16.3 Å². The first-order valence-corrected chi connectivity index (χ1v) is 10.7. The number of hydrogen-bond acceptors (Lipinski definition) is 2. The lowest BCUT2D eigenvalue weighted by atomic mass is 10.1. The Hall–Kier alpha value is -2.30. The van der Waals surface area contributed by atoms with Crippen LogP contribution in [0.4, 0.5) is 5.69 Å². The van der Waals surface area contributed by atoms with Gasteiger partial charge < -0.3 is 10.1 Å². The Morgan fingerprint density at radius 1 is 0.750 bits per heavy atom. The van der Waals surface area contributed by atoms with E-state index >= 15 is 0 Å². The minimum Gasteiger partial charge on any atom is -0.487 e. The highest BCUT2D eigenvalue weighted by atomic mass is 79.9. The molecule has 0 saturated carbocycles. The van der Waals surface area contributed by atoms with Gasteiger partial charge in [-0.1, -0.05) is 76.6 Å². The normalized spacial score (nSPS) is 10.8. The van der Waals surface area contributed by atoms with Crippen molar-refractivity contribution in [2.45, 2.75) is 13.2 Å². The molecule has 0 fully saturated rings. The molecule has 4 rings (SSSR count). The number of benzene rings is 4. The van der Waals surface area contributed by atoms with Crippen molar-refractivity contribution < 1.29 is 4.74 Å². The number of hydrogen-bond donors (Lipinski definition) is 1. The molecule has 140 valence electrons. The molecule has 0 radical (unpaired) electrons. The Balaban J connectivity index is 1.58. The van der Waals surface area contributed by atoms with Gasteiger partial charge in [-0.2, -0.15) is 0 Å². The van der Waals surface area contributed by atoms with Crippen molar-refractivity contribution in [1.82, 2.24) is 0 Å². The van der Waals surface area contributed by atoms with E-state index in [-0.39, 0.29) is 0 Å². The van der Waals surface area contributed by atoms with E-state index in [0.717, 1.165) is 25.9 Å². The van der Waals surface area contributed by atoms with Gasteiger partial charge in [-0.25, -0.2) is 0 Å². The third-order valence-electron chi connectivity index (χ3n) is 4.59. The number of fused-ring (bicyclic) bond motifs is 1. The lowest BCUT2D eigenvalue weighted by Crippen LogP contribution is -2.05. The fourth-order valence-corrected chi connectivity index (χ4v) is 4.66. The van der Waals surface area contributed by atoms with E-state index < -0.39 is 0 Å². The minimum absolute atomic E-state index is 0.514. The van der Waals surface area contributed by atoms with Crippen LogP contribution < -0.4 is 10.1 Å². The van der Waals surface area contributed by atoms with Gasteiger partial charge in [-0.05, 0) is 56.5 Å². The summed E-state index contributed by atoms with van der Waals surface area (Å²) < 4.78 is 8.25. The molecule has 28 heavy (non-hydrogen) atoms. The Morgan fingerprint density at radius 3 is 2.36 bits per heavy atom. The zero-order chi connectivity index (χ0) is 19.3. The quantitative estimate of drug-likeness (QED) is 0.297. The van der Waals surface area contributed by atoms with Gasteiger partial charge in [0, 0.05) is 22.3 Å². The summed E-state index contributed by atoms with van der Waals surface area (Å²) in [5, 5.41) is 5.91. The Bertz CT molecular complexity index is 1090. The number of rotatable bonds is 6. The van der Waals surface area contributed by atoms with Crippen LogP contribution in [-0.2, 0) is 13.2 Å². The first-order chi connectivity index (χ1) is 13.7. The summed E-state index contributed by atoms with van der Waals surface area (Å²) in [7, 11) is 0.